The number of fused-ring (bicyclic) bond motifs is 1. The first kappa shape index (κ1) is 21.5. The second-order valence-corrected chi connectivity index (χ2v) is 8.07. The molecule has 170 valence electrons. The van der Waals surface area contributed by atoms with Crippen molar-refractivity contribution < 1.29 is 19.4 Å². The van der Waals surface area contributed by atoms with E-state index in [9.17, 15) is 14.7 Å². The number of rotatable bonds is 5. The molecule has 34 heavy (non-hydrogen) atoms. The molecule has 1 aliphatic heterocycles. The Morgan fingerprint density at radius 2 is 1.79 bits per heavy atom. The number of ketones is 1. The van der Waals surface area contributed by atoms with E-state index in [4.69, 9.17) is 4.74 Å². The monoisotopic (exact) mass is 453 g/mol. The second kappa shape index (κ2) is 8.51. The largest absolute Gasteiger partial charge is 0.507 e. The number of aliphatic hydroxyl groups is 1. The zero-order valence-corrected chi connectivity index (χ0v) is 18.8. The number of nitrogens with zero attached hydrogens (tertiary/aromatic N) is 2. The van der Waals surface area contributed by atoms with E-state index < -0.39 is 17.7 Å². The highest BCUT2D eigenvalue weighted by molar-refractivity contribution is 6.51. The number of para-hydroxylation sites is 2. The molecule has 0 bridgehead atoms. The number of amides is 1. The first-order chi connectivity index (χ1) is 16.5. The van der Waals surface area contributed by atoms with E-state index in [1.54, 1.807) is 18.2 Å². The number of H-pyrrole nitrogens is 1. The number of carbonyl (C=O) groups excluding carboxylic acids is 2. The summed E-state index contributed by atoms with van der Waals surface area (Å²) in [7, 11) is 0. The molecule has 0 aliphatic carbocycles. The van der Waals surface area contributed by atoms with Crippen molar-refractivity contribution in [3.05, 3.63) is 95.1 Å². The Morgan fingerprint density at radius 1 is 1.06 bits per heavy atom. The van der Waals surface area contributed by atoms with Gasteiger partial charge in [-0.05, 0) is 55.3 Å². The van der Waals surface area contributed by atoms with Crippen LogP contribution in [0.4, 0.5) is 5.95 Å². The van der Waals surface area contributed by atoms with Gasteiger partial charge in [-0.15, -0.1) is 0 Å². The van der Waals surface area contributed by atoms with Gasteiger partial charge in [0, 0.05) is 5.56 Å². The Hall–Kier alpha value is -4.39. The van der Waals surface area contributed by atoms with Gasteiger partial charge < -0.3 is 14.8 Å². The van der Waals surface area contributed by atoms with Crippen molar-refractivity contribution in [2.75, 3.05) is 11.5 Å². The van der Waals surface area contributed by atoms with Gasteiger partial charge in [-0.2, -0.15) is 0 Å². The molecule has 1 atom stereocenters. The van der Waals surface area contributed by atoms with Gasteiger partial charge in [0.15, 0.2) is 0 Å². The van der Waals surface area contributed by atoms with Crippen molar-refractivity contribution in [2.45, 2.75) is 19.9 Å². The maximum Gasteiger partial charge on any atom is 0.302 e. The molecule has 1 fully saturated rings. The summed E-state index contributed by atoms with van der Waals surface area (Å²) in [6.45, 7) is 4.28. The van der Waals surface area contributed by atoms with Crippen LogP contribution in [0.3, 0.4) is 0 Å². The Kier molecular flexibility index (Phi) is 5.37. The van der Waals surface area contributed by atoms with Crippen LogP contribution in [-0.4, -0.2) is 33.4 Å². The number of aromatic nitrogens is 2. The molecular formula is C27H23N3O4. The minimum absolute atomic E-state index is 0.0141. The molecule has 1 aliphatic rings. The number of carbonyl (C=O) groups is 2. The lowest BCUT2D eigenvalue weighted by molar-refractivity contribution is -0.132. The van der Waals surface area contributed by atoms with Gasteiger partial charge in [0.1, 0.15) is 11.5 Å². The average molecular weight is 453 g/mol. The number of aromatic amines is 1. The standard InChI is InChI=1S/C27H23N3O4/c1-3-34-21-14-13-18(15-16(21)2)24(31)22-23(17-9-5-4-6-10-17)30(26(33)25(22)32)27-28-19-11-7-8-12-20(19)29-27/h4-15,23,31H,3H2,1-2H3,(H,28,29)/b24-22+. The van der Waals surface area contributed by atoms with E-state index in [1.165, 1.54) is 4.90 Å². The Bertz CT molecular complexity index is 1410. The number of ether oxygens (including phenoxy) is 1. The second-order valence-electron chi connectivity index (χ2n) is 8.07. The Morgan fingerprint density at radius 3 is 2.50 bits per heavy atom. The fourth-order valence-corrected chi connectivity index (χ4v) is 4.32. The SMILES string of the molecule is CCOc1ccc(/C(O)=C2\C(=O)C(=O)N(c3nc4ccccc4[nH]3)C2c2ccccc2)cc1C. The fourth-order valence-electron chi connectivity index (χ4n) is 4.32. The van der Waals surface area contributed by atoms with E-state index in [2.05, 4.69) is 9.97 Å². The zero-order chi connectivity index (χ0) is 23.8. The maximum atomic E-state index is 13.3. The summed E-state index contributed by atoms with van der Waals surface area (Å²) >= 11 is 0. The van der Waals surface area contributed by atoms with E-state index in [0.717, 1.165) is 11.1 Å². The predicted octanol–water partition coefficient (Wildman–Crippen LogP) is 4.90. The summed E-state index contributed by atoms with van der Waals surface area (Å²) in [5.41, 5.74) is 3.37. The summed E-state index contributed by atoms with van der Waals surface area (Å²) < 4.78 is 5.59. The van der Waals surface area contributed by atoms with E-state index in [-0.39, 0.29) is 17.3 Å². The summed E-state index contributed by atoms with van der Waals surface area (Å²) in [5, 5.41) is 11.3. The number of Topliss-reactive ketones (excluding diaryl/α,β-unsaturated/α-hetero) is 1. The molecule has 7 nitrogen and oxygen atoms in total. The van der Waals surface area contributed by atoms with Crippen molar-refractivity contribution in [1.29, 1.82) is 0 Å². The smallest absolute Gasteiger partial charge is 0.302 e. The number of imidazole rings is 1. The van der Waals surface area contributed by atoms with Crippen LogP contribution >= 0.6 is 0 Å². The molecule has 4 aromatic rings. The van der Waals surface area contributed by atoms with E-state index >= 15 is 0 Å². The van der Waals surface area contributed by atoms with Crippen LogP contribution in [0.15, 0.2) is 78.4 Å². The van der Waals surface area contributed by atoms with Gasteiger partial charge in [-0.25, -0.2) is 4.98 Å². The van der Waals surface area contributed by atoms with Crippen LogP contribution in [-0.2, 0) is 9.59 Å². The molecule has 3 aromatic carbocycles. The number of benzene rings is 3. The molecule has 2 heterocycles. The third-order valence-electron chi connectivity index (χ3n) is 5.91. The lowest BCUT2D eigenvalue weighted by atomic mass is 9.95. The Balaban J connectivity index is 1.69. The summed E-state index contributed by atoms with van der Waals surface area (Å²) in [5.74, 6) is -0.812. The highest BCUT2D eigenvalue weighted by Gasteiger charge is 2.48. The highest BCUT2D eigenvalue weighted by Crippen LogP contribution is 2.42. The fraction of sp³-hybridized carbons (Fsp3) is 0.148. The van der Waals surface area contributed by atoms with Crippen LogP contribution in [0.1, 0.15) is 29.7 Å². The van der Waals surface area contributed by atoms with E-state index in [0.29, 0.717) is 29.0 Å². The number of aryl methyl sites for hydroxylation is 1. The number of nitrogens with one attached hydrogen (secondary N) is 1. The van der Waals surface area contributed by atoms with Gasteiger partial charge >= 0.3 is 5.91 Å². The molecule has 5 rings (SSSR count). The number of hydrogen-bond donors (Lipinski definition) is 2. The third-order valence-corrected chi connectivity index (χ3v) is 5.91. The van der Waals surface area contributed by atoms with Gasteiger partial charge in [0.2, 0.25) is 5.95 Å². The summed E-state index contributed by atoms with van der Waals surface area (Å²) in [6.07, 6.45) is 0. The van der Waals surface area contributed by atoms with Crippen LogP contribution in [0.2, 0.25) is 0 Å². The van der Waals surface area contributed by atoms with Crippen molar-refractivity contribution in [3.8, 4) is 5.75 Å². The van der Waals surface area contributed by atoms with Crippen molar-refractivity contribution >= 4 is 34.4 Å². The molecule has 7 heteroatoms. The lowest BCUT2D eigenvalue weighted by Crippen LogP contribution is -2.30. The molecular weight excluding hydrogens is 430 g/mol. The van der Waals surface area contributed by atoms with Crippen molar-refractivity contribution in [1.82, 2.24) is 9.97 Å². The topological polar surface area (TPSA) is 95.5 Å². The molecule has 1 amide bonds. The third kappa shape index (κ3) is 3.51. The highest BCUT2D eigenvalue weighted by atomic mass is 16.5. The lowest BCUT2D eigenvalue weighted by Gasteiger charge is -2.23. The van der Waals surface area contributed by atoms with Gasteiger partial charge in [0.25, 0.3) is 5.78 Å². The van der Waals surface area contributed by atoms with Gasteiger partial charge in [-0.3, -0.25) is 14.5 Å². The summed E-state index contributed by atoms with van der Waals surface area (Å²) in [4.78, 5) is 35.6. The molecule has 0 radical (unpaired) electrons. The first-order valence-electron chi connectivity index (χ1n) is 11.0. The maximum absolute atomic E-state index is 13.3. The molecule has 2 N–H and O–H groups in total. The molecule has 0 spiro atoms. The average Bonchev–Trinajstić information content (AvgIpc) is 3.39. The normalized spacial score (nSPS) is 17.5. The predicted molar refractivity (Wildman–Crippen MR) is 130 cm³/mol. The quantitative estimate of drug-likeness (QED) is 0.255. The van der Waals surface area contributed by atoms with Gasteiger partial charge in [0.05, 0.1) is 29.3 Å². The van der Waals surface area contributed by atoms with Crippen molar-refractivity contribution in [3.63, 3.8) is 0 Å². The number of hydrogen-bond acceptors (Lipinski definition) is 5. The zero-order valence-electron chi connectivity index (χ0n) is 18.8. The van der Waals surface area contributed by atoms with Crippen molar-refractivity contribution in [2.24, 2.45) is 0 Å². The van der Waals surface area contributed by atoms with Crippen LogP contribution in [0, 0.1) is 6.92 Å². The number of aliphatic hydroxyl groups excluding tert-OH is 1. The van der Waals surface area contributed by atoms with Crippen LogP contribution in [0.25, 0.3) is 16.8 Å². The minimum atomic E-state index is -0.839. The van der Waals surface area contributed by atoms with E-state index in [1.807, 2.05) is 68.4 Å². The van der Waals surface area contributed by atoms with Crippen LogP contribution in [0.5, 0.6) is 5.75 Å². The molecule has 0 saturated carbocycles. The molecule has 1 unspecified atom stereocenters. The Labute approximate surface area is 196 Å². The summed E-state index contributed by atoms with van der Waals surface area (Å²) in [6, 6.07) is 20.9. The minimum Gasteiger partial charge on any atom is -0.507 e. The first-order valence-corrected chi connectivity index (χ1v) is 11.0. The van der Waals surface area contributed by atoms with Gasteiger partial charge in [-0.1, -0.05) is 42.5 Å². The molecule has 1 aromatic heterocycles. The number of anilines is 1. The van der Waals surface area contributed by atoms with Crippen LogP contribution < -0.4 is 9.64 Å². The molecule has 1 saturated heterocycles.